The first-order valence-corrected chi connectivity index (χ1v) is 4.94. The van der Waals surface area contributed by atoms with Gasteiger partial charge in [-0.15, -0.1) is 0 Å². The van der Waals surface area contributed by atoms with Crippen LogP contribution in [0.3, 0.4) is 0 Å². The van der Waals surface area contributed by atoms with Crippen molar-refractivity contribution in [2.75, 3.05) is 17.4 Å². The Balaban J connectivity index is 2.11. The standard InChI is InChI=1S/C11H14N4O/c1-15(7-9-3-5-16-8-9)10-2-4-13-11(6-10)14-12/h2-6,8H,7,12H2,1H3,(H,13,14). The van der Waals surface area contributed by atoms with E-state index in [4.69, 9.17) is 10.3 Å². The molecule has 0 aliphatic carbocycles. The van der Waals surface area contributed by atoms with Crippen molar-refractivity contribution in [3.8, 4) is 0 Å². The maximum atomic E-state index is 5.31. The Labute approximate surface area is 93.9 Å². The molecular formula is C11H14N4O. The Morgan fingerprint density at radius 1 is 1.50 bits per heavy atom. The smallest absolute Gasteiger partial charge is 0.141 e. The van der Waals surface area contributed by atoms with Gasteiger partial charge in [-0.3, -0.25) is 0 Å². The highest BCUT2D eigenvalue weighted by Gasteiger charge is 2.04. The molecule has 2 aromatic heterocycles. The molecule has 0 radical (unpaired) electrons. The highest BCUT2D eigenvalue weighted by molar-refractivity contribution is 5.53. The predicted octanol–water partition coefficient (Wildman–Crippen LogP) is 1.60. The highest BCUT2D eigenvalue weighted by Crippen LogP contribution is 2.17. The number of rotatable bonds is 4. The van der Waals surface area contributed by atoms with E-state index in [1.165, 1.54) is 0 Å². The van der Waals surface area contributed by atoms with Crippen LogP contribution in [0.1, 0.15) is 5.56 Å². The van der Waals surface area contributed by atoms with E-state index in [1.54, 1.807) is 18.7 Å². The summed E-state index contributed by atoms with van der Waals surface area (Å²) in [6.45, 7) is 0.782. The number of hydrazine groups is 1. The molecular weight excluding hydrogens is 204 g/mol. The van der Waals surface area contributed by atoms with E-state index in [9.17, 15) is 0 Å². The van der Waals surface area contributed by atoms with Crippen LogP contribution in [0, 0.1) is 0 Å². The number of hydrogen-bond donors (Lipinski definition) is 2. The molecule has 5 nitrogen and oxygen atoms in total. The van der Waals surface area contributed by atoms with Gasteiger partial charge in [0.1, 0.15) is 5.82 Å². The van der Waals surface area contributed by atoms with Gasteiger partial charge in [-0.2, -0.15) is 0 Å². The van der Waals surface area contributed by atoms with Crippen molar-refractivity contribution < 1.29 is 4.42 Å². The van der Waals surface area contributed by atoms with Gasteiger partial charge in [0, 0.05) is 37.1 Å². The zero-order chi connectivity index (χ0) is 11.4. The highest BCUT2D eigenvalue weighted by atomic mass is 16.3. The molecule has 0 aromatic carbocycles. The average molecular weight is 218 g/mol. The van der Waals surface area contributed by atoms with E-state index in [2.05, 4.69) is 15.3 Å². The van der Waals surface area contributed by atoms with E-state index >= 15 is 0 Å². The Kier molecular flexibility index (Phi) is 3.07. The summed E-state index contributed by atoms with van der Waals surface area (Å²) < 4.78 is 5.02. The lowest BCUT2D eigenvalue weighted by atomic mass is 10.3. The molecule has 0 bridgehead atoms. The molecule has 0 unspecified atom stereocenters. The summed E-state index contributed by atoms with van der Waals surface area (Å²) in [6.07, 6.45) is 5.12. The molecule has 0 aliphatic heterocycles. The largest absolute Gasteiger partial charge is 0.472 e. The van der Waals surface area contributed by atoms with E-state index in [-0.39, 0.29) is 0 Å². The Bertz CT molecular complexity index is 441. The summed E-state index contributed by atoms with van der Waals surface area (Å²) in [5.41, 5.74) is 4.70. The minimum Gasteiger partial charge on any atom is -0.472 e. The number of nitrogens with zero attached hydrogens (tertiary/aromatic N) is 2. The van der Waals surface area contributed by atoms with Crippen LogP contribution in [0.15, 0.2) is 41.3 Å². The van der Waals surface area contributed by atoms with Crippen molar-refractivity contribution >= 4 is 11.5 Å². The number of nitrogens with two attached hydrogens (primary N) is 1. The molecule has 0 fully saturated rings. The quantitative estimate of drug-likeness (QED) is 0.602. The second kappa shape index (κ2) is 4.67. The van der Waals surface area contributed by atoms with Crippen molar-refractivity contribution in [3.05, 3.63) is 42.5 Å². The monoisotopic (exact) mass is 218 g/mol. The minimum atomic E-state index is 0.650. The van der Waals surface area contributed by atoms with E-state index in [1.807, 2.05) is 25.2 Å². The van der Waals surface area contributed by atoms with Gasteiger partial charge in [0.15, 0.2) is 0 Å². The van der Waals surface area contributed by atoms with Crippen LogP contribution in [0.2, 0.25) is 0 Å². The van der Waals surface area contributed by atoms with Crippen LogP contribution in [0.4, 0.5) is 11.5 Å². The number of aromatic nitrogens is 1. The molecule has 2 heterocycles. The fourth-order valence-corrected chi connectivity index (χ4v) is 1.48. The second-order valence-corrected chi connectivity index (χ2v) is 3.53. The summed E-state index contributed by atoms with van der Waals surface area (Å²) in [5, 5.41) is 0. The maximum absolute atomic E-state index is 5.31. The van der Waals surface area contributed by atoms with Gasteiger partial charge in [0.2, 0.25) is 0 Å². The van der Waals surface area contributed by atoms with Gasteiger partial charge < -0.3 is 14.7 Å². The molecule has 0 spiro atoms. The number of pyridine rings is 1. The first-order valence-electron chi connectivity index (χ1n) is 4.94. The Hall–Kier alpha value is -2.01. The molecule has 3 N–H and O–H groups in total. The third-order valence-electron chi connectivity index (χ3n) is 2.33. The van der Waals surface area contributed by atoms with Gasteiger partial charge >= 0.3 is 0 Å². The maximum Gasteiger partial charge on any atom is 0.141 e. The third kappa shape index (κ3) is 2.32. The molecule has 0 saturated heterocycles. The number of anilines is 2. The lowest BCUT2D eigenvalue weighted by molar-refractivity contribution is 0.563. The molecule has 0 atom stereocenters. The zero-order valence-corrected chi connectivity index (χ0v) is 9.05. The van der Waals surface area contributed by atoms with Gasteiger partial charge in [0.25, 0.3) is 0 Å². The van der Waals surface area contributed by atoms with Gasteiger partial charge in [-0.1, -0.05) is 0 Å². The lowest BCUT2D eigenvalue weighted by Gasteiger charge is -2.18. The van der Waals surface area contributed by atoms with Gasteiger partial charge in [0.05, 0.1) is 12.5 Å². The third-order valence-corrected chi connectivity index (χ3v) is 2.33. The molecule has 84 valence electrons. The average Bonchev–Trinajstić information content (AvgIpc) is 2.82. The van der Waals surface area contributed by atoms with E-state index in [0.29, 0.717) is 5.82 Å². The molecule has 0 amide bonds. The predicted molar refractivity (Wildman–Crippen MR) is 62.9 cm³/mol. The zero-order valence-electron chi connectivity index (χ0n) is 9.05. The molecule has 0 aliphatic rings. The molecule has 5 heteroatoms. The molecule has 2 aromatic rings. The summed E-state index contributed by atoms with van der Waals surface area (Å²) in [7, 11) is 2.00. The van der Waals surface area contributed by atoms with Crippen LogP contribution in [0.5, 0.6) is 0 Å². The van der Waals surface area contributed by atoms with Crippen LogP contribution >= 0.6 is 0 Å². The number of nitrogen functional groups attached to an aromatic ring is 1. The number of nitrogens with one attached hydrogen (secondary N) is 1. The van der Waals surface area contributed by atoms with Crippen LogP contribution in [-0.4, -0.2) is 12.0 Å². The van der Waals surface area contributed by atoms with Crippen molar-refractivity contribution in [2.24, 2.45) is 5.84 Å². The van der Waals surface area contributed by atoms with E-state index < -0.39 is 0 Å². The number of hydrogen-bond acceptors (Lipinski definition) is 5. The summed E-state index contributed by atoms with van der Waals surface area (Å²) in [6, 6.07) is 5.76. The van der Waals surface area contributed by atoms with Gasteiger partial charge in [-0.25, -0.2) is 10.8 Å². The van der Waals surface area contributed by atoms with Gasteiger partial charge in [-0.05, 0) is 12.1 Å². The van der Waals surface area contributed by atoms with Crippen molar-refractivity contribution in [1.82, 2.24) is 4.98 Å². The minimum absolute atomic E-state index is 0.650. The fourth-order valence-electron chi connectivity index (χ4n) is 1.48. The number of furan rings is 1. The summed E-state index contributed by atoms with van der Waals surface area (Å²) in [5.74, 6) is 5.96. The van der Waals surface area contributed by atoms with Crippen molar-refractivity contribution in [2.45, 2.75) is 6.54 Å². The van der Waals surface area contributed by atoms with Crippen molar-refractivity contribution in [3.63, 3.8) is 0 Å². The Morgan fingerprint density at radius 2 is 2.38 bits per heavy atom. The first-order chi connectivity index (χ1) is 7.79. The molecule has 2 rings (SSSR count). The van der Waals surface area contributed by atoms with Crippen molar-refractivity contribution in [1.29, 1.82) is 0 Å². The lowest BCUT2D eigenvalue weighted by Crippen LogP contribution is -2.17. The summed E-state index contributed by atoms with van der Waals surface area (Å²) in [4.78, 5) is 6.15. The van der Waals surface area contributed by atoms with Crippen LogP contribution < -0.4 is 16.2 Å². The van der Waals surface area contributed by atoms with Crippen LogP contribution in [0.25, 0.3) is 0 Å². The second-order valence-electron chi connectivity index (χ2n) is 3.53. The molecule has 16 heavy (non-hydrogen) atoms. The van der Waals surface area contributed by atoms with E-state index in [0.717, 1.165) is 17.8 Å². The Morgan fingerprint density at radius 3 is 3.06 bits per heavy atom. The normalized spacial score (nSPS) is 10.1. The molecule has 0 saturated carbocycles. The SMILES string of the molecule is CN(Cc1ccoc1)c1ccnc(NN)c1. The van der Waals surface area contributed by atoms with Crippen LogP contribution in [-0.2, 0) is 6.54 Å². The topological polar surface area (TPSA) is 67.3 Å². The summed E-state index contributed by atoms with van der Waals surface area (Å²) >= 11 is 0. The first kappa shape index (κ1) is 10.5. The fraction of sp³-hybridized carbons (Fsp3) is 0.182.